The number of nitrogens with one attached hydrogen (secondary N) is 1. The molecule has 142 valence electrons. The Morgan fingerprint density at radius 2 is 1.77 bits per heavy atom. The molecule has 0 aromatic heterocycles. The highest BCUT2D eigenvalue weighted by molar-refractivity contribution is 7.93. The van der Waals surface area contributed by atoms with E-state index in [4.69, 9.17) is 0 Å². The monoisotopic (exact) mass is 402 g/mol. The zero-order chi connectivity index (χ0) is 18.0. The molecular weight excluding hydrogens is 382 g/mol. The van der Waals surface area contributed by atoms with Crippen LogP contribution in [0.3, 0.4) is 0 Å². The van der Waals surface area contributed by atoms with Gasteiger partial charge in [-0.2, -0.15) is 0 Å². The molecule has 1 aliphatic rings. The standard InChI is InChI=1S/C18H20F2N2O2S.ClH/c1-21-11-5-7-14-12-13-6-2-3-10-17(13)22(25(14,23)24)18-15(19)8-4-9-16(18)20;/h2-4,6,8-10,14,21H,5,7,11-12H2,1H3;1H. The Morgan fingerprint density at radius 1 is 1.12 bits per heavy atom. The third-order valence-corrected chi connectivity index (χ3v) is 6.56. The average molecular weight is 403 g/mol. The summed E-state index contributed by atoms with van der Waals surface area (Å²) in [6.07, 6.45) is 1.43. The Balaban J connectivity index is 0.00000243. The minimum atomic E-state index is -3.93. The third kappa shape index (κ3) is 3.70. The predicted molar refractivity (Wildman–Crippen MR) is 102 cm³/mol. The molecule has 0 bridgehead atoms. The van der Waals surface area contributed by atoms with E-state index >= 15 is 0 Å². The van der Waals surface area contributed by atoms with Crippen LogP contribution in [0.1, 0.15) is 18.4 Å². The summed E-state index contributed by atoms with van der Waals surface area (Å²) in [5.41, 5.74) is 0.555. The summed E-state index contributed by atoms with van der Waals surface area (Å²) in [6, 6.07) is 10.2. The Labute approximate surface area is 158 Å². The number of benzene rings is 2. The zero-order valence-corrected chi connectivity index (χ0v) is 15.9. The molecule has 0 radical (unpaired) electrons. The van der Waals surface area contributed by atoms with E-state index in [1.807, 2.05) is 0 Å². The van der Waals surface area contributed by atoms with Crippen molar-refractivity contribution in [2.75, 3.05) is 17.9 Å². The molecule has 0 saturated heterocycles. The maximum atomic E-state index is 14.3. The van der Waals surface area contributed by atoms with E-state index in [1.54, 1.807) is 31.3 Å². The van der Waals surface area contributed by atoms with Crippen LogP contribution in [-0.4, -0.2) is 27.3 Å². The number of sulfonamides is 1. The van der Waals surface area contributed by atoms with Crippen molar-refractivity contribution >= 4 is 33.8 Å². The summed E-state index contributed by atoms with van der Waals surface area (Å²) in [5.74, 6) is -1.79. The van der Waals surface area contributed by atoms with Gasteiger partial charge in [0.2, 0.25) is 10.0 Å². The van der Waals surface area contributed by atoms with E-state index in [0.29, 0.717) is 31.5 Å². The molecule has 26 heavy (non-hydrogen) atoms. The largest absolute Gasteiger partial charge is 0.320 e. The van der Waals surface area contributed by atoms with E-state index in [1.165, 1.54) is 6.07 Å². The molecule has 3 rings (SSSR count). The molecule has 2 aromatic carbocycles. The fourth-order valence-corrected chi connectivity index (χ4v) is 5.24. The van der Waals surface area contributed by atoms with Crippen LogP contribution in [-0.2, 0) is 16.4 Å². The fourth-order valence-electron chi connectivity index (χ4n) is 3.21. The molecule has 0 spiro atoms. The van der Waals surface area contributed by atoms with Crippen LogP contribution in [0.25, 0.3) is 0 Å². The van der Waals surface area contributed by atoms with Crippen LogP contribution in [0, 0.1) is 11.6 Å². The average Bonchev–Trinajstić information content (AvgIpc) is 2.57. The molecule has 0 aliphatic carbocycles. The lowest BCUT2D eigenvalue weighted by Crippen LogP contribution is -2.42. The normalized spacial score (nSPS) is 18.1. The van der Waals surface area contributed by atoms with Crippen molar-refractivity contribution in [3.8, 4) is 0 Å². The molecule has 0 saturated carbocycles. The fraction of sp³-hybridized carbons (Fsp3) is 0.333. The number of hydrogen-bond acceptors (Lipinski definition) is 3. The van der Waals surface area contributed by atoms with Crippen LogP contribution in [0.5, 0.6) is 0 Å². The summed E-state index contributed by atoms with van der Waals surface area (Å²) in [6.45, 7) is 0.682. The number of anilines is 2. The molecule has 1 heterocycles. The van der Waals surface area contributed by atoms with Gasteiger partial charge in [-0.3, -0.25) is 0 Å². The summed E-state index contributed by atoms with van der Waals surface area (Å²) < 4.78 is 55.8. The molecule has 1 N–H and O–H groups in total. The number of halogens is 3. The van der Waals surface area contributed by atoms with E-state index in [0.717, 1.165) is 22.0 Å². The number of nitrogens with zero attached hydrogens (tertiary/aromatic N) is 1. The molecule has 2 aromatic rings. The van der Waals surface area contributed by atoms with Crippen molar-refractivity contribution in [1.29, 1.82) is 0 Å². The van der Waals surface area contributed by atoms with Crippen LogP contribution in [0.2, 0.25) is 0 Å². The van der Waals surface area contributed by atoms with Crippen molar-refractivity contribution < 1.29 is 17.2 Å². The van der Waals surface area contributed by atoms with Gasteiger partial charge in [-0.1, -0.05) is 24.3 Å². The predicted octanol–water partition coefficient (Wildman–Crippen LogP) is 3.78. The van der Waals surface area contributed by atoms with Crippen LogP contribution >= 0.6 is 12.4 Å². The highest BCUT2D eigenvalue weighted by Gasteiger charge is 2.41. The van der Waals surface area contributed by atoms with Gasteiger partial charge in [0, 0.05) is 0 Å². The smallest absolute Gasteiger partial charge is 0.242 e. The number of hydrogen-bond donors (Lipinski definition) is 1. The minimum Gasteiger partial charge on any atom is -0.320 e. The van der Waals surface area contributed by atoms with Crippen molar-refractivity contribution in [2.45, 2.75) is 24.5 Å². The van der Waals surface area contributed by atoms with Gasteiger partial charge in [0.1, 0.15) is 5.69 Å². The second-order valence-corrected chi connectivity index (χ2v) is 8.14. The first-order valence-electron chi connectivity index (χ1n) is 8.17. The van der Waals surface area contributed by atoms with Crippen LogP contribution in [0.15, 0.2) is 42.5 Å². The molecule has 0 amide bonds. The first kappa shape index (κ1) is 20.6. The Hall–Kier alpha value is -1.70. The van der Waals surface area contributed by atoms with Crippen molar-refractivity contribution in [2.24, 2.45) is 0 Å². The highest BCUT2D eigenvalue weighted by Crippen LogP contribution is 2.41. The van der Waals surface area contributed by atoms with Crippen molar-refractivity contribution in [1.82, 2.24) is 5.32 Å². The van der Waals surface area contributed by atoms with Gasteiger partial charge in [-0.25, -0.2) is 21.5 Å². The Morgan fingerprint density at radius 3 is 2.42 bits per heavy atom. The number of rotatable bonds is 5. The lowest BCUT2D eigenvalue weighted by atomic mass is 10.0. The second-order valence-electron chi connectivity index (χ2n) is 6.08. The van der Waals surface area contributed by atoms with Crippen molar-refractivity contribution in [3.63, 3.8) is 0 Å². The molecular formula is C18H21ClF2N2O2S. The quantitative estimate of drug-likeness (QED) is 0.774. The molecule has 8 heteroatoms. The topological polar surface area (TPSA) is 49.4 Å². The molecule has 4 nitrogen and oxygen atoms in total. The van der Waals surface area contributed by atoms with Gasteiger partial charge in [-0.15, -0.1) is 12.4 Å². The summed E-state index contributed by atoms with van der Waals surface area (Å²) in [7, 11) is -2.13. The molecule has 1 atom stereocenters. The van der Waals surface area contributed by atoms with Crippen molar-refractivity contribution in [3.05, 3.63) is 59.7 Å². The van der Waals surface area contributed by atoms with Gasteiger partial charge in [0.15, 0.2) is 11.6 Å². The summed E-state index contributed by atoms with van der Waals surface area (Å²) in [4.78, 5) is 0. The first-order chi connectivity index (χ1) is 12.0. The number of para-hydroxylation sites is 2. The maximum absolute atomic E-state index is 14.3. The first-order valence-corrected chi connectivity index (χ1v) is 9.67. The Kier molecular flexibility index (Phi) is 6.60. The second kappa shape index (κ2) is 8.33. The lowest BCUT2D eigenvalue weighted by Gasteiger charge is -2.35. The van der Waals surface area contributed by atoms with Gasteiger partial charge < -0.3 is 5.32 Å². The van der Waals surface area contributed by atoms with E-state index < -0.39 is 32.6 Å². The molecule has 0 fully saturated rings. The van der Waals surface area contributed by atoms with Gasteiger partial charge >= 0.3 is 0 Å². The lowest BCUT2D eigenvalue weighted by molar-refractivity contribution is 0.547. The number of fused-ring (bicyclic) bond motifs is 1. The van der Waals surface area contributed by atoms with Crippen LogP contribution in [0.4, 0.5) is 20.2 Å². The van der Waals surface area contributed by atoms with Gasteiger partial charge in [0.25, 0.3) is 0 Å². The SMILES string of the molecule is CNCCCC1Cc2ccccc2N(c2c(F)cccc2F)S1(=O)=O.Cl. The van der Waals surface area contributed by atoms with E-state index in [2.05, 4.69) is 5.32 Å². The van der Waals surface area contributed by atoms with E-state index in [-0.39, 0.29) is 12.4 Å². The summed E-state index contributed by atoms with van der Waals surface area (Å²) in [5, 5.41) is 2.27. The minimum absolute atomic E-state index is 0. The summed E-state index contributed by atoms with van der Waals surface area (Å²) >= 11 is 0. The van der Waals surface area contributed by atoms with Crippen LogP contribution < -0.4 is 9.62 Å². The van der Waals surface area contributed by atoms with Gasteiger partial charge in [0.05, 0.1) is 10.9 Å². The van der Waals surface area contributed by atoms with E-state index in [9.17, 15) is 17.2 Å². The molecule has 1 aliphatic heterocycles. The van der Waals surface area contributed by atoms with Gasteiger partial charge in [-0.05, 0) is 56.6 Å². The Bertz CT molecular complexity index is 857. The molecule has 1 unspecified atom stereocenters. The zero-order valence-electron chi connectivity index (χ0n) is 14.3. The maximum Gasteiger partial charge on any atom is 0.242 e. The highest BCUT2D eigenvalue weighted by atomic mass is 35.5. The third-order valence-electron chi connectivity index (χ3n) is 4.43.